The van der Waals surface area contributed by atoms with Crippen LogP contribution in [0.1, 0.15) is 38.7 Å². The fraction of sp³-hybridized carbons (Fsp3) is 0.714. The zero-order valence-electron chi connectivity index (χ0n) is 12.5. The van der Waals surface area contributed by atoms with Gasteiger partial charge in [-0.05, 0) is 19.8 Å². The van der Waals surface area contributed by atoms with Crippen LogP contribution in [0.25, 0.3) is 0 Å². The molecule has 0 saturated heterocycles. The van der Waals surface area contributed by atoms with Crippen molar-refractivity contribution in [3.63, 3.8) is 0 Å². The number of anilines is 2. The molecule has 1 rings (SSSR count). The molecule has 0 bridgehead atoms. The first-order chi connectivity index (χ1) is 9.22. The van der Waals surface area contributed by atoms with Crippen LogP contribution in [-0.4, -0.2) is 36.3 Å². The van der Waals surface area contributed by atoms with Gasteiger partial charge in [-0.2, -0.15) is 0 Å². The van der Waals surface area contributed by atoms with Crippen LogP contribution in [0.2, 0.25) is 0 Å². The van der Waals surface area contributed by atoms with Gasteiger partial charge in [-0.1, -0.05) is 20.3 Å². The monoisotopic (exact) mass is 266 g/mol. The van der Waals surface area contributed by atoms with Crippen LogP contribution < -0.4 is 10.6 Å². The van der Waals surface area contributed by atoms with Crippen molar-refractivity contribution in [3.05, 3.63) is 11.9 Å². The second kappa shape index (κ2) is 8.69. The van der Waals surface area contributed by atoms with Gasteiger partial charge < -0.3 is 15.4 Å². The van der Waals surface area contributed by atoms with E-state index in [9.17, 15) is 0 Å². The molecule has 108 valence electrons. The number of ether oxygens (including phenoxy) is 1. The van der Waals surface area contributed by atoms with Crippen LogP contribution in [0.4, 0.5) is 11.6 Å². The number of nitrogens with zero attached hydrogens (tertiary/aromatic N) is 2. The van der Waals surface area contributed by atoms with Crippen molar-refractivity contribution >= 4 is 11.6 Å². The summed E-state index contributed by atoms with van der Waals surface area (Å²) in [6.07, 6.45) is 4.86. The molecule has 0 aromatic carbocycles. The van der Waals surface area contributed by atoms with E-state index in [4.69, 9.17) is 4.74 Å². The van der Waals surface area contributed by atoms with Gasteiger partial charge in [0.15, 0.2) is 0 Å². The lowest BCUT2D eigenvalue weighted by Crippen LogP contribution is -2.26. The molecule has 5 nitrogen and oxygen atoms in total. The van der Waals surface area contributed by atoms with E-state index < -0.39 is 0 Å². The highest BCUT2D eigenvalue weighted by atomic mass is 16.5. The van der Waals surface area contributed by atoms with Gasteiger partial charge in [0.05, 0.1) is 12.6 Å². The summed E-state index contributed by atoms with van der Waals surface area (Å²) in [4.78, 5) is 8.62. The normalized spacial score (nSPS) is 12.2. The standard InChI is InChI=1S/C14H26N4O/c1-5-7-12(9-19-4)18-14-11(3)13(15-8-6-2)16-10-17-14/h10,12H,5-9H2,1-4H3,(H2,15,16,17,18). The third-order valence-electron chi connectivity index (χ3n) is 2.97. The summed E-state index contributed by atoms with van der Waals surface area (Å²) >= 11 is 0. The maximum Gasteiger partial charge on any atom is 0.134 e. The van der Waals surface area contributed by atoms with Gasteiger partial charge in [-0.25, -0.2) is 9.97 Å². The van der Waals surface area contributed by atoms with Gasteiger partial charge in [0.25, 0.3) is 0 Å². The summed E-state index contributed by atoms with van der Waals surface area (Å²) in [5, 5.41) is 6.77. The third-order valence-corrected chi connectivity index (χ3v) is 2.97. The molecule has 0 aliphatic carbocycles. The van der Waals surface area contributed by atoms with E-state index in [2.05, 4.69) is 34.4 Å². The molecule has 0 radical (unpaired) electrons. The van der Waals surface area contributed by atoms with Gasteiger partial charge in [-0.15, -0.1) is 0 Å². The van der Waals surface area contributed by atoms with Crippen LogP contribution >= 0.6 is 0 Å². The van der Waals surface area contributed by atoms with E-state index in [1.54, 1.807) is 13.4 Å². The summed E-state index contributed by atoms with van der Waals surface area (Å²) in [5.74, 6) is 1.80. The van der Waals surface area contributed by atoms with Crippen molar-refractivity contribution in [1.82, 2.24) is 9.97 Å². The quantitative estimate of drug-likeness (QED) is 0.719. The first-order valence-corrected chi connectivity index (χ1v) is 7.03. The van der Waals surface area contributed by atoms with Crippen molar-refractivity contribution in [3.8, 4) is 0 Å². The highest BCUT2D eigenvalue weighted by Gasteiger charge is 2.12. The van der Waals surface area contributed by atoms with Gasteiger partial charge in [0.2, 0.25) is 0 Å². The van der Waals surface area contributed by atoms with E-state index in [-0.39, 0.29) is 0 Å². The minimum absolute atomic E-state index is 0.294. The molecule has 1 heterocycles. The molecular formula is C14H26N4O. The Balaban J connectivity index is 2.75. The molecule has 1 aromatic heterocycles. The van der Waals surface area contributed by atoms with E-state index in [0.717, 1.165) is 43.0 Å². The summed E-state index contributed by atoms with van der Waals surface area (Å²) in [7, 11) is 1.73. The smallest absolute Gasteiger partial charge is 0.134 e. The zero-order valence-corrected chi connectivity index (χ0v) is 12.5. The van der Waals surface area contributed by atoms with Gasteiger partial charge in [0, 0.05) is 19.2 Å². The third kappa shape index (κ3) is 5.03. The average molecular weight is 266 g/mol. The predicted molar refractivity (Wildman–Crippen MR) is 79.7 cm³/mol. The number of rotatable bonds is 9. The topological polar surface area (TPSA) is 59.1 Å². The molecule has 0 aliphatic rings. The van der Waals surface area contributed by atoms with E-state index in [1.807, 2.05) is 6.92 Å². The Morgan fingerprint density at radius 1 is 1.21 bits per heavy atom. The molecule has 0 amide bonds. The van der Waals surface area contributed by atoms with Crippen LogP contribution in [0.15, 0.2) is 6.33 Å². The Hall–Kier alpha value is -1.36. The van der Waals surface area contributed by atoms with Crippen molar-refractivity contribution in [2.24, 2.45) is 0 Å². The highest BCUT2D eigenvalue weighted by Crippen LogP contribution is 2.19. The molecule has 19 heavy (non-hydrogen) atoms. The maximum absolute atomic E-state index is 5.24. The van der Waals surface area contributed by atoms with Crippen molar-refractivity contribution in [2.45, 2.75) is 46.1 Å². The fourth-order valence-electron chi connectivity index (χ4n) is 1.96. The molecule has 0 saturated carbocycles. The number of methoxy groups -OCH3 is 1. The summed E-state index contributed by atoms with van der Waals surface area (Å²) in [6.45, 7) is 7.96. The highest BCUT2D eigenvalue weighted by molar-refractivity contribution is 5.56. The lowest BCUT2D eigenvalue weighted by atomic mass is 10.1. The Morgan fingerprint density at radius 2 is 1.95 bits per heavy atom. The van der Waals surface area contributed by atoms with Crippen molar-refractivity contribution in [2.75, 3.05) is 30.9 Å². The van der Waals surface area contributed by atoms with E-state index in [0.29, 0.717) is 12.6 Å². The van der Waals surface area contributed by atoms with Gasteiger partial charge in [0.1, 0.15) is 18.0 Å². The summed E-state index contributed by atoms with van der Waals surface area (Å²) < 4.78 is 5.24. The first-order valence-electron chi connectivity index (χ1n) is 7.03. The number of hydrogen-bond acceptors (Lipinski definition) is 5. The van der Waals surface area contributed by atoms with Crippen LogP contribution in [-0.2, 0) is 4.74 Å². The molecule has 0 spiro atoms. The Bertz CT molecular complexity index is 364. The summed E-state index contributed by atoms with van der Waals surface area (Å²) in [6, 6.07) is 0.294. The van der Waals surface area contributed by atoms with Gasteiger partial charge in [-0.3, -0.25) is 0 Å². The zero-order chi connectivity index (χ0) is 14.1. The minimum Gasteiger partial charge on any atom is -0.383 e. The van der Waals surface area contributed by atoms with Crippen molar-refractivity contribution in [1.29, 1.82) is 0 Å². The molecule has 0 fully saturated rings. The second-order valence-electron chi connectivity index (χ2n) is 4.71. The predicted octanol–water partition coefficient (Wildman–Crippen LogP) is 2.83. The molecule has 2 N–H and O–H groups in total. The number of nitrogens with one attached hydrogen (secondary N) is 2. The molecule has 1 unspecified atom stereocenters. The maximum atomic E-state index is 5.24. The largest absolute Gasteiger partial charge is 0.383 e. The second-order valence-corrected chi connectivity index (χ2v) is 4.71. The molecule has 5 heteroatoms. The molecule has 1 aromatic rings. The lowest BCUT2D eigenvalue weighted by molar-refractivity contribution is 0.182. The average Bonchev–Trinajstić information content (AvgIpc) is 2.40. The molecule has 0 aliphatic heterocycles. The molecular weight excluding hydrogens is 240 g/mol. The summed E-state index contributed by atoms with van der Waals surface area (Å²) in [5.41, 5.74) is 1.06. The number of hydrogen-bond donors (Lipinski definition) is 2. The minimum atomic E-state index is 0.294. The first kappa shape index (κ1) is 15.7. The Labute approximate surface area is 116 Å². The SMILES string of the molecule is CCCNc1ncnc(NC(CCC)COC)c1C. The lowest BCUT2D eigenvalue weighted by Gasteiger charge is -2.20. The van der Waals surface area contributed by atoms with E-state index >= 15 is 0 Å². The van der Waals surface area contributed by atoms with Crippen LogP contribution in [0.3, 0.4) is 0 Å². The van der Waals surface area contributed by atoms with Crippen LogP contribution in [0.5, 0.6) is 0 Å². The molecule has 1 atom stereocenters. The Kier molecular flexibility index (Phi) is 7.18. The van der Waals surface area contributed by atoms with E-state index in [1.165, 1.54) is 0 Å². The van der Waals surface area contributed by atoms with Gasteiger partial charge >= 0.3 is 0 Å². The van der Waals surface area contributed by atoms with Crippen molar-refractivity contribution < 1.29 is 4.74 Å². The Morgan fingerprint density at radius 3 is 2.58 bits per heavy atom. The number of aromatic nitrogens is 2. The van der Waals surface area contributed by atoms with Crippen LogP contribution in [0, 0.1) is 6.92 Å². The fourth-order valence-corrected chi connectivity index (χ4v) is 1.96.